The van der Waals surface area contributed by atoms with Gasteiger partial charge in [0.15, 0.2) is 15.9 Å². The number of esters is 1. The number of hydrogen-bond donors (Lipinski definition) is 1. The standard InChI is InChI=1S/C17H14BrN5O4/c1-3-4-8-22-12-13(20-16(22)18)21-17(26)23(14(12)24)9-11-10(15(25)27-2)6-5-7-19-11/h5-7H,8-9H2,1-2H3,(H,21,26). The smallest absolute Gasteiger partial charge is 0.339 e. The molecule has 0 fully saturated rings. The van der Waals surface area contributed by atoms with Gasteiger partial charge in [-0.15, -0.1) is 5.92 Å². The first-order chi connectivity index (χ1) is 13.0. The molecule has 0 aromatic carbocycles. The summed E-state index contributed by atoms with van der Waals surface area (Å²) in [7, 11) is 1.25. The second-order valence-corrected chi connectivity index (χ2v) is 6.11. The third kappa shape index (κ3) is 3.41. The van der Waals surface area contributed by atoms with Crippen molar-refractivity contribution >= 4 is 33.1 Å². The molecule has 27 heavy (non-hydrogen) atoms. The molecule has 0 saturated carbocycles. The van der Waals surface area contributed by atoms with Crippen LogP contribution in [0.2, 0.25) is 0 Å². The van der Waals surface area contributed by atoms with Gasteiger partial charge in [-0.1, -0.05) is 5.92 Å². The number of aromatic nitrogens is 5. The lowest BCUT2D eigenvalue weighted by molar-refractivity contribution is 0.0598. The predicted molar refractivity (Wildman–Crippen MR) is 100 cm³/mol. The van der Waals surface area contributed by atoms with E-state index < -0.39 is 17.2 Å². The average Bonchev–Trinajstić information content (AvgIpc) is 2.98. The first-order valence-electron chi connectivity index (χ1n) is 7.78. The van der Waals surface area contributed by atoms with Gasteiger partial charge < -0.3 is 9.30 Å². The molecular formula is C17H14BrN5O4. The van der Waals surface area contributed by atoms with Crippen LogP contribution < -0.4 is 11.2 Å². The molecule has 3 rings (SSSR count). The highest BCUT2D eigenvalue weighted by Gasteiger charge is 2.19. The van der Waals surface area contributed by atoms with Crippen LogP contribution in [0.25, 0.3) is 11.2 Å². The third-order valence-corrected chi connectivity index (χ3v) is 4.46. The lowest BCUT2D eigenvalue weighted by Crippen LogP contribution is -2.36. The highest BCUT2D eigenvalue weighted by Crippen LogP contribution is 2.15. The van der Waals surface area contributed by atoms with Crippen LogP contribution in [-0.4, -0.2) is 37.2 Å². The average molecular weight is 432 g/mol. The Morgan fingerprint density at radius 1 is 1.37 bits per heavy atom. The molecule has 0 spiro atoms. The minimum absolute atomic E-state index is 0.153. The third-order valence-electron chi connectivity index (χ3n) is 3.86. The van der Waals surface area contributed by atoms with E-state index in [9.17, 15) is 14.4 Å². The van der Waals surface area contributed by atoms with E-state index in [0.29, 0.717) is 4.73 Å². The molecule has 0 aliphatic rings. The highest BCUT2D eigenvalue weighted by atomic mass is 79.9. The van der Waals surface area contributed by atoms with E-state index in [1.54, 1.807) is 17.6 Å². The number of halogens is 1. The van der Waals surface area contributed by atoms with Crippen LogP contribution >= 0.6 is 15.9 Å². The van der Waals surface area contributed by atoms with Gasteiger partial charge in [0.2, 0.25) is 0 Å². The number of ether oxygens (including phenoxy) is 1. The van der Waals surface area contributed by atoms with Gasteiger partial charge >= 0.3 is 11.7 Å². The Balaban J connectivity index is 2.19. The molecule has 0 radical (unpaired) electrons. The Bertz CT molecular complexity index is 1210. The first kappa shape index (κ1) is 18.6. The number of aromatic amines is 1. The van der Waals surface area contributed by atoms with Crippen molar-refractivity contribution in [1.29, 1.82) is 0 Å². The van der Waals surface area contributed by atoms with Crippen LogP contribution in [-0.2, 0) is 17.8 Å². The van der Waals surface area contributed by atoms with Crippen LogP contribution in [0.4, 0.5) is 0 Å². The number of fused-ring (bicyclic) bond motifs is 1. The minimum atomic E-state index is -0.660. The summed E-state index contributed by atoms with van der Waals surface area (Å²) < 4.78 is 7.61. The van der Waals surface area contributed by atoms with Crippen molar-refractivity contribution in [2.75, 3.05) is 7.11 Å². The molecule has 0 saturated heterocycles. The number of carbonyl (C=O) groups is 1. The Kier molecular flexibility index (Phi) is 5.23. The molecule has 0 aliphatic carbocycles. The number of rotatable bonds is 4. The molecule has 3 aromatic rings. The zero-order chi connectivity index (χ0) is 19.6. The van der Waals surface area contributed by atoms with Crippen LogP contribution in [0.1, 0.15) is 23.0 Å². The quantitative estimate of drug-likeness (QED) is 0.373. The van der Waals surface area contributed by atoms with Crippen molar-refractivity contribution in [2.24, 2.45) is 0 Å². The summed E-state index contributed by atoms with van der Waals surface area (Å²) in [6, 6.07) is 3.09. The SMILES string of the molecule is CC#CCn1c(Br)nc2[nH]c(=O)n(Cc3ncccc3C(=O)OC)c(=O)c21. The van der Waals surface area contributed by atoms with Gasteiger partial charge in [0.05, 0.1) is 31.5 Å². The maximum atomic E-state index is 13.0. The highest BCUT2D eigenvalue weighted by molar-refractivity contribution is 9.10. The number of pyridine rings is 1. The molecule has 0 unspecified atom stereocenters. The zero-order valence-electron chi connectivity index (χ0n) is 14.4. The fraction of sp³-hybridized carbons (Fsp3) is 0.235. The fourth-order valence-electron chi connectivity index (χ4n) is 2.57. The van der Waals surface area contributed by atoms with Crippen molar-refractivity contribution in [3.8, 4) is 11.8 Å². The molecule has 138 valence electrons. The molecular weight excluding hydrogens is 418 g/mol. The normalized spacial score (nSPS) is 10.5. The number of H-pyrrole nitrogens is 1. The maximum absolute atomic E-state index is 13.0. The van der Waals surface area contributed by atoms with E-state index in [4.69, 9.17) is 4.74 Å². The molecule has 9 nitrogen and oxygen atoms in total. The molecule has 3 heterocycles. The minimum Gasteiger partial charge on any atom is -0.465 e. The summed E-state index contributed by atoms with van der Waals surface area (Å²) in [4.78, 5) is 48.1. The van der Waals surface area contributed by atoms with Crippen LogP contribution in [0, 0.1) is 11.8 Å². The van der Waals surface area contributed by atoms with Crippen LogP contribution in [0.5, 0.6) is 0 Å². The summed E-state index contributed by atoms with van der Waals surface area (Å²) in [6.07, 6.45) is 1.47. The van der Waals surface area contributed by atoms with Gasteiger partial charge in [-0.25, -0.2) is 14.6 Å². The van der Waals surface area contributed by atoms with Gasteiger partial charge in [0.1, 0.15) is 0 Å². The molecule has 0 aliphatic heterocycles. The molecule has 10 heteroatoms. The van der Waals surface area contributed by atoms with E-state index in [0.717, 1.165) is 4.57 Å². The van der Waals surface area contributed by atoms with Gasteiger partial charge in [-0.2, -0.15) is 0 Å². The second kappa shape index (κ2) is 7.59. The molecule has 3 aromatic heterocycles. The predicted octanol–water partition coefficient (Wildman–Crippen LogP) is 0.902. The Labute approximate surface area is 161 Å². The van der Waals surface area contributed by atoms with Crippen molar-refractivity contribution in [1.82, 2.24) is 24.1 Å². The molecule has 0 bridgehead atoms. The summed E-state index contributed by atoms with van der Waals surface area (Å²) in [5.41, 5.74) is -0.452. The molecule has 0 atom stereocenters. The van der Waals surface area contributed by atoms with Crippen molar-refractivity contribution < 1.29 is 9.53 Å². The van der Waals surface area contributed by atoms with Gasteiger partial charge in [-0.05, 0) is 35.0 Å². The number of carbonyl (C=O) groups excluding carboxylic acids is 1. The van der Waals surface area contributed by atoms with Gasteiger partial charge in [0.25, 0.3) is 5.56 Å². The monoisotopic (exact) mass is 431 g/mol. The Morgan fingerprint density at radius 2 is 2.15 bits per heavy atom. The van der Waals surface area contributed by atoms with E-state index in [-0.39, 0.29) is 35.5 Å². The molecule has 0 amide bonds. The van der Waals surface area contributed by atoms with E-state index >= 15 is 0 Å². The van der Waals surface area contributed by atoms with Crippen molar-refractivity contribution in [2.45, 2.75) is 20.0 Å². The van der Waals surface area contributed by atoms with Gasteiger partial charge in [-0.3, -0.25) is 19.3 Å². The fourth-order valence-corrected chi connectivity index (χ4v) is 3.05. The Hall–Kier alpha value is -3.19. The van der Waals surface area contributed by atoms with E-state index in [1.807, 2.05) is 0 Å². The number of imidazole rings is 1. The maximum Gasteiger partial charge on any atom is 0.339 e. The lowest BCUT2D eigenvalue weighted by atomic mass is 10.2. The van der Waals surface area contributed by atoms with Gasteiger partial charge in [0, 0.05) is 6.20 Å². The van der Waals surface area contributed by atoms with Crippen molar-refractivity contribution in [3.63, 3.8) is 0 Å². The summed E-state index contributed by atoms with van der Waals surface area (Å²) >= 11 is 3.27. The first-order valence-corrected chi connectivity index (χ1v) is 8.58. The van der Waals surface area contributed by atoms with E-state index in [1.165, 1.54) is 19.4 Å². The van der Waals surface area contributed by atoms with Crippen LogP contribution in [0.3, 0.4) is 0 Å². The zero-order valence-corrected chi connectivity index (χ0v) is 16.0. The second-order valence-electron chi connectivity index (χ2n) is 5.40. The summed E-state index contributed by atoms with van der Waals surface area (Å²) in [5.74, 6) is 5.00. The number of nitrogens with one attached hydrogen (secondary N) is 1. The number of methoxy groups -OCH3 is 1. The lowest BCUT2D eigenvalue weighted by Gasteiger charge is -2.09. The largest absolute Gasteiger partial charge is 0.465 e. The Morgan fingerprint density at radius 3 is 2.85 bits per heavy atom. The van der Waals surface area contributed by atoms with Crippen LogP contribution in [0.15, 0.2) is 32.7 Å². The van der Waals surface area contributed by atoms with Crippen molar-refractivity contribution in [3.05, 3.63) is 55.2 Å². The number of nitrogens with zero attached hydrogens (tertiary/aromatic N) is 4. The summed E-state index contributed by atoms with van der Waals surface area (Å²) in [6.45, 7) is 1.71. The number of hydrogen-bond acceptors (Lipinski definition) is 6. The van der Waals surface area contributed by atoms with E-state index in [2.05, 4.69) is 42.7 Å². The topological polar surface area (TPSA) is 112 Å². The molecule has 1 N–H and O–H groups in total. The summed E-state index contributed by atoms with van der Waals surface area (Å²) in [5, 5.41) is 0.